The number of hydrogen-bond donors (Lipinski definition) is 1. The van der Waals surface area contributed by atoms with Crippen LogP contribution in [0.3, 0.4) is 0 Å². The first-order valence-electron chi connectivity index (χ1n) is 6.50. The van der Waals surface area contributed by atoms with Crippen molar-refractivity contribution in [2.45, 2.75) is 33.0 Å². The van der Waals surface area contributed by atoms with Crippen molar-refractivity contribution in [1.29, 1.82) is 0 Å². The van der Waals surface area contributed by atoms with Gasteiger partial charge in [0.15, 0.2) is 0 Å². The maximum absolute atomic E-state index is 12.5. The van der Waals surface area contributed by atoms with Gasteiger partial charge in [-0.2, -0.15) is 13.2 Å². The number of nitrogens with zero attached hydrogens (tertiary/aromatic N) is 2. The van der Waals surface area contributed by atoms with Gasteiger partial charge in [-0.25, -0.2) is 9.97 Å². The zero-order valence-electron chi connectivity index (χ0n) is 11.8. The summed E-state index contributed by atoms with van der Waals surface area (Å²) in [6, 6.07) is 5.05. The molecule has 112 valence electrons. The van der Waals surface area contributed by atoms with Crippen LogP contribution in [0.5, 0.6) is 0 Å². The van der Waals surface area contributed by atoms with Crippen LogP contribution in [-0.2, 0) is 19.1 Å². The molecule has 0 fully saturated rings. The zero-order valence-corrected chi connectivity index (χ0v) is 11.8. The predicted molar refractivity (Wildman–Crippen MR) is 73.6 cm³/mol. The average molecular weight is 295 g/mol. The molecule has 6 heteroatoms. The molecule has 0 spiro atoms. The van der Waals surface area contributed by atoms with E-state index in [0.717, 1.165) is 34.6 Å². The maximum atomic E-state index is 12.5. The molecule has 0 unspecified atom stereocenters. The predicted octanol–water partition coefficient (Wildman–Crippen LogP) is 3.16. The van der Waals surface area contributed by atoms with E-state index < -0.39 is 11.7 Å². The Kier molecular flexibility index (Phi) is 4.27. The molecule has 0 amide bonds. The van der Waals surface area contributed by atoms with E-state index in [0.29, 0.717) is 18.8 Å². The molecule has 2 rings (SSSR count). The standard InChI is InChI=1S/C15H16F3N3/c1-9-13(8-19)10(2)21-14(20-9)7-11-3-5-12(6-4-11)15(16,17)18/h3-6H,7-8,19H2,1-2H3. The summed E-state index contributed by atoms with van der Waals surface area (Å²) in [5, 5.41) is 0. The number of alkyl halides is 3. The quantitative estimate of drug-likeness (QED) is 0.946. The van der Waals surface area contributed by atoms with Crippen LogP contribution in [0, 0.1) is 13.8 Å². The van der Waals surface area contributed by atoms with Crippen LogP contribution in [0.15, 0.2) is 24.3 Å². The van der Waals surface area contributed by atoms with Gasteiger partial charge in [0, 0.05) is 29.9 Å². The molecule has 0 aliphatic carbocycles. The first-order valence-corrected chi connectivity index (χ1v) is 6.50. The third-order valence-corrected chi connectivity index (χ3v) is 3.31. The lowest BCUT2D eigenvalue weighted by Gasteiger charge is -2.10. The minimum Gasteiger partial charge on any atom is -0.326 e. The lowest BCUT2D eigenvalue weighted by molar-refractivity contribution is -0.137. The average Bonchev–Trinajstić information content (AvgIpc) is 2.38. The van der Waals surface area contributed by atoms with Crippen LogP contribution >= 0.6 is 0 Å². The first kappa shape index (κ1) is 15.4. The molecule has 0 atom stereocenters. The Morgan fingerprint density at radius 2 is 1.52 bits per heavy atom. The molecule has 1 aromatic carbocycles. The minimum atomic E-state index is -4.31. The van der Waals surface area contributed by atoms with E-state index in [1.807, 2.05) is 13.8 Å². The molecule has 3 nitrogen and oxygen atoms in total. The second-order valence-electron chi connectivity index (χ2n) is 4.86. The third-order valence-electron chi connectivity index (χ3n) is 3.31. The van der Waals surface area contributed by atoms with E-state index in [-0.39, 0.29) is 0 Å². The molecule has 1 heterocycles. The number of nitrogens with two attached hydrogens (primary N) is 1. The molecule has 2 aromatic rings. The van der Waals surface area contributed by atoms with E-state index in [2.05, 4.69) is 9.97 Å². The van der Waals surface area contributed by atoms with Crippen molar-refractivity contribution >= 4 is 0 Å². The van der Waals surface area contributed by atoms with Gasteiger partial charge in [0.25, 0.3) is 0 Å². The molecule has 21 heavy (non-hydrogen) atoms. The number of halogens is 3. The highest BCUT2D eigenvalue weighted by molar-refractivity contribution is 5.29. The van der Waals surface area contributed by atoms with Crippen molar-refractivity contribution in [2.75, 3.05) is 0 Å². The topological polar surface area (TPSA) is 51.8 Å². The molecule has 0 aliphatic heterocycles. The van der Waals surface area contributed by atoms with E-state index >= 15 is 0 Å². The summed E-state index contributed by atoms with van der Waals surface area (Å²) in [6.07, 6.45) is -3.92. The second kappa shape index (κ2) is 5.81. The Morgan fingerprint density at radius 1 is 1.00 bits per heavy atom. The fourth-order valence-corrected chi connectivity index (χ4v) is 2.18. The molecule has 2 N–H and O–H groups in total. The normalized spacial score (nSPS) is 11.7. The molecule has 0 aliphatic rings. The summed E-state index contributed by atoms with van der Waals surface area (Å²) in [7, 11) is 0. The summed E-state index contributed by atoms with van der Waals surface area (Å²) in [5.74, 6) is 0.585. The third kappa shape index (κ3) is 3.58. The van der Waals surface area contributed by atoms with E-state index in [1.54, 1.807) is 0 Å². The summed E-state index contributed by atoms with van der Waals surface area (Å²) in [4.78, 5) is 8.72. The summed E-state index contributed by atoms with van der Waals surface area (Å²) in [5.41, 5.74) is 8.24. The monoisotopic (exact) mass is 295 g/mol. The van der Waals surface area contributed by atoms with Crippen molar-refractivity contribution in [2.24, 2.45) is 5.73 Å². The molecule has 0 saturated heterocycles. The number of aryl methyl sites for hydroxylation is 2. The Bertz CT molecular complexity index is 611. The fourth-order valence-electron chi connectivity index (χ4n) is 2.18. The molecule has 0 radical (unpaired) electrons. The van der Waals surface area contributed by atoms with Crippen LogP contribution in [0.25, 0.3) is 0 Å². The summed E-state index contributed by atoms with van der Waals surface area (Å²) in [6.45, 7) is 4.08. The van der Waals surface area contributed by atoms with Gasteiger partial charge in [-0.1, -0.05) is 12.1 Å². The number of aromatic nitrogens is 2. The van der Waals surface area contributed by atoms with Gasteiger partial charge in [-0.05, 0) is 31.5 Å². The Labute approximate surface area is 121 Å². The fraction of sp³-hybridized carbons (Fsp3) is 0.333. The van der Waals surface area contributed by atoms with E-state index in [1.165, 1.54) is 12.1 Å². The lowest BCUT2D eigenvalue weighted by atomic mass is 10.1. The summed E-state index contributed by atoms with van der Waals surface area (Å²) >= 11 is 0. The maximum Gasteiger partial charge on any atom is 0.416 e. The van der Waals surface area contributed by atoms with Gasteiger partial charge < -0.3 is 5.73 Å². The van der Waals surface area contributed by atoms with Gasteiger partial charge in [0.05, 0.1) is 5.56 Å². The van der Waals surface area contributed by atoms with E-state index in [9.17, 15) is 13.2 Å². The molecule has 0 saturated carbocycles. The van der Waals surface area contributed by atoms with Crippen molar-refractivity contribution in [3.05, 3.63) is 58.2 Å². The largest absolute Gasteiger partial charge is 0.416 e. The van der Waals surface area contributed by atoms with Crippen molar-refractivity contribution in [1.82, 2.24) is 9.97 Å². The molecular weight excluding hydrogens is 279 g/mol. The number of benzene rings is 1. The van der Waals surface area contributed by atoms with Crippen LogP contribution in [0.1, 0.15) is 33.9 Å². The number of rotatable bonds is 3. The van der Waals surface area contributed by atoms with Crippen molar-refractivity contribution in [3.8, 4) is 0 Å². The highest BCUT2D eigenvalue weighted by Gasteiger charge is 2.29. The smallest absolute Gasteiger partial charge is 0.326 e. The lowest BCUT2D eigenvalue weighted by Crippen LogP contribution is -2.09. The van der Waals surface area contributed by atoms with Crippen LogP contribution in [0.2, 0.25) is 0 Å². The summed E-state index contributed by atoms with van der Waals surface area (Å²) < 4.78 is 37.5. The Balaban J connectivity index is 2.23. The van der Waals surface area contributed by atoms with Crippen LogP contribution in [0.4, 0.5) is 13.2 Å². The molecule has 1 aromatic heterocycles. The van der Waals surface area contributed by atoms with Crippen LogP contribution < -0.4 is 5.73 Å². The van der Waals surface area contributed by atoms with Gasteiger partial charge >= 0.3 is 6.18 Å². The number of hydrogen-bond acceptors (Lipinski definition) is 3. The minimum absolute atomic E-state index is 0.373. The highest BCUT2D eigenvalue weighted by Crippen LogP contribution is 2.29. The van der Waals surface area contributed by atoms with Crippen LogP contribution in [-0.4, -0.2) is 9.97 Å². The Hall–Kier alpha value is -1.95. The highest BCUT2D eigenvalue weighted by atomic mass is 19.4. The van der Waals surface area contributed by atoms with Gasteiger partial charge in [0.2, 0.25) is 0 Å². The molecular formula is C15H16F3N3. The van der Waals surface area contributed by atoms with Gasteiger partial charge in [-0.3, -0.25) is 0 Å². The second-order valence-corrected chi connectivity index (χ2v) is 4.86. The van der Waals surface area contributed by atoms with E-state index in [4.69, 9.17) is 5.73 Å². The van der Waals surface area contributed by atoms with Gasteiger partial charge in [0.1, 0.15) is 5.82 Å². The van der Waals surface area contributed by atoms with Crippen molar-refractivity contribution < 1.29 is 13.2 Å². The zero-order chi connectivity index (χ0) is 15.6. The first-order chi connectivity index (χ1) is 9.81. The van der Waals surface area contributed by atoms with Gasteiger partial charge in [-0.15, -0.1) is 0 Å². The Morgan fingerprint density at radius 3 is 1.95 bits per heavy atom. The van der Waals surface area contributed by atoms with Crippen molar-refractivity contribution in [3.63, 3.8) is 0 Å². The molecule has 0 bridgehead atoms. The SMILES string of the molecule is Cc1nc(Cc2ccc(C(F)(F)F)cc2)nc(C)c1CN.